The minimum absolute atomic E-state index is 0.360. The van der Waals surface area contributed by atoms with E-state index >= 15 is 0 Å². The standard InChI is InChI=1S/C24H29N5O3S3/c30-23(26-31)22-17-25-24(34-22)28-12-14-29(15-13-28)35(32)19-5-3-18(4-6-19)20-8-16-33-21(20)7-11-27-9-1-2-10-27/h3-6,8,16-17,31H,1-2,7,9-15H2,(H,26,30). The van der Waals surface area contributed by atoms with Crippen LogP contribution in [-0.2, 0) is 17.4 Å². The summed E-state index contributed by atoms with van der Waals surface area (Å²) in [7, 11) is -1.22. The van der Waals surface area contributed by atoms with Crippen molar-refractivity contribution in [3.05, 3.63) is 51.7 Å². The van der Waals surface area contributed by atoms with E-state index in [9.17, 15) is 9.00 Å². The summed E-state index contributed by atoms with van der Waals surface area (Å²) < 4.78 is 15.2. The number of hydroxylamine groups is 1. The van der Waals surface area contributed by atoms with Gasteiger partial charge in [0.1, 0.15) is 15.9 Å². The number of hydrogen-bond acceptors (Lipinski definition) is 8. The molecule has 1 amide bonds. The maximum Gasteiger partial charge on any atom is 0.286 e. The second-order valence-corrected chi connectivity index (χ2v) is 12.2. The maximum absolute atomic E-state index is 13.2. The molecule has 2 aliphatic heterocycles. The van der Waals surface area contributed by atoms with E-state index in [1.165, 1.54) is 59.5 Å². The highest BCUT2D eigenvalue weighted by molar-refractivity contribution is 7.82. The molecule has 0 bridgehead atoms. The largest absolute Gasteiger partial charge is 0.345 e. The number of piperazine rings is 1. The molecule has 2 aliphatic rings. The minimum Gasteiger partial charge on any atom is -0.345 e. The molecule has 4 heterocycles. The van der Waals surface area contributed by atoms with E-state index < -0.39 is 16.9 Å². The van der Waals surface area contributed by atoms with Crippen LogP contribution in [0.4, 0.5) is 5.13 Å². The average molecular weight is 532 g/mol. The molecule has 0 radical (unpaired) electrons. The van der Waals surface area contributed by atoms with Crippen LogP contribution in [0.15, 0.2) is 46.8 Å². The van der Waals surface area contributed by atoms with Gasteiger partial charge in [0.05, 0.1) is 11.1 Å². The number of nitrogens with zero attached hydrogens (tertiary/aromatic N) is 4. The number of thiazole rings is 1. The molecule has 2 N–H and O–H groups in total. The van der Waals surface area contributed by atoms with Gasteiger partial charge in [0, 0.05) is 37.6 Å². The monoisotopic (exact) mass is 531 g/mol. The predicted molar refractivity (Wildman–Crippen MR) is 141 cm³/mol. The highest BCUT2D eigenvalue weighted by Gasteiger charge is 2.24. The normalized spacial score (nSPS) is 18.1. The lowest BCUT2D eigenvalue weighted by atomic mass is 10.1. The molecule has 3 aromatic rings. The quantitative estimate of drug-likeness (QED) is 0.342. The fraction of sp³-hybridized carbons (Fsp3) is 0.417. The van der Waals surface area contributed by atoms with Gasteiger partial charge in [-0.3, -0.25) is 10.0 Å². The number of thiophene rings is 1. The first-order chi connectivity index (χ1) is 17.1. The number of nitrogens with one attached hydrogen (secondary N) is 1. The van der Waals surface area contributed by atoms with Gasteiger partial charge >= 0.3 is 0 Å². The molecule has 186 valence electrons. The highest BCUT2D eigenvalue weighted by atomic mass is 32.2. The van der Waals surface area contributed by atoms with Crippen LogP contribution in [0.25, 0.3) is 11.1 Å². The first-order valence-corrected chi connectivity index (χ1v) is 14.6. The number of carbonyl (C=O) groups is 1. The molecule has 1 unspecified atom stereocenters. The maximum atomic E-state index is 13.2. The number of amides is 1. The third-order valence-corrected chi connectivity index (χ3v) is 10.1. The van der Waals surface area contributed by atoms with Crippen molar-refractivity contribution >= 4 is 44.7 Å². The van der Waals surface area contributed by atoms with Gasteiger partial charge in [-0.15, -0.1) is 11.3 Å². The number of rotatable bonds is 8. The Hall–Kier alpha value is -2.15. The van der Waals surface area contributed by atoms with Gasteiger partial charge in [-0.2, -0.15) is 0 Å². The SMILES string of the molecule is O=C(NO)c1cnc(N2CCN(S(=O)c3ccc(-c4ccsc4CCN4CCCC4)cc3)CC2)s1. The number of benzene rings is 1. The van der Waals surface area contributed by atoms with Crippen LogP contribution in [0.2, 0.25) is 0 Å². The van der Waals surface area contributed by atoms with E-state index in [4.69, 9.17) is 5.21 Å². The van der Waals surface area contributed by atoms with Crippen LogP contribution in [0.5, 0.6) is 0 Å². The van der Waals surface area contributed by atoms with Crippen molar-refractivity contribution in [2.24, 2.45) is 0 Å². The molecule has 2 fully saturated rings. The Morgan fingerprint density at radius 3 is 2.51 bits per heavy atom. The van der Waals surface area contributed by atoms with E-state index in [1.807, 2.05) is 27.8 Å². The van der Waals surface area contributed by atoms with Crippen molar-refractivity contribution < 1.29 is 14.2 Å². The van der Waals surface area contributed by atoms with E-state index in [1.54, 1.807) is 5.48 Å². The van der Waals surface area contributed by atoms with Gasteiger partial charge in [-0.25, -0.2) is 19.0 Å². The summed E-state index contributed by atoms with van der Waals surface area (Å²) in [5, 5.41) is 11.7. The summed E-state index contributed by atoms with van der Waals surface area (Å²) in [6, 6.07) is 10.4. The molecule has 0 saturated carbocycles. The Morgan fingerprint density at radius 2 is 1.80 bits per heavy atom. The Morgan fingerprint density at radius 1 is 1.06 bits per heavy atom. The Labute approximate surface area is 215 Å². The van der Waals surface area contributed by atoms with E-state index in [0.29, 0.717) is 31.1 Å². The van der Waals surface area contributed by atoms with Crippen molar-refractivity contribution in [1.82, 2.24) is 19.7 Å². The fourth-order valence-corrected chi connectivity index (χ4v) is 7.48. The average Bonchev–Trinajstić information content (AvgIpc) is 3.68. The zero-order valence-electron chi connectivity index (χ0n) is 19.4. The Bertz CT molecular complexity index is 1170. The number of aromatic nitrogens is 1. The van der Waals surface area contributed by atoms with Crippen molar-refractivity contribution in [2.45, 2.75) is 24.2 Å². The number of likely N-dealkylation sites (tertiary alicyclic amines) is 1. The third kappa shape index (κ3) is 5.65. The zero-order valence-corrected chi connectivity index (χ0v) is 21.8. The molecule has 8 nitrogen and oxygen atoms in total. The summed E-state index contributed by atoms with van der Waals surface area (Å²) in [5.41, 5.74) is 4.10. The molecule has 5 rings (SSSR count). The van der Waals surface area contributed by atoms with E-state index in [0.717, 1.165) is 23.0 Å². The Balaban J connectivity index is 1.17. The molecular weight excluding hydrogens is 502 g/mol. The molecule has 35 heavy (non-hydrogen) atoms. The summed E-state index contributed by atoms with van der Waals surface area (Å²) >= 11 is 3.06. The van der Waals surface area contributed by atoms with E-state index in [2.05, 4.69) is 38.4 Å². The molecule has 11 heteroatoms. The van der Waals surface area contributed by atoms with E-state index in [-0.39, 0.29) is 0 Å². The van der Waals surface area contributed by atoms with Gasteiger partial charge in [0.15, 0.2) is 5.13 Å². The van der Waals surface area contributed by atoms with Crippen LogP contribution >= 0.6 is 22.7 Å². The lowest BCUT2D eigenvalue weighted by Gasteiger charge is -2.33. The van der Waals surface area contributed by atoms with Crippen LogP contribution in [0, 0.1) is 0 Å². The van der Waals surface area contributed by atoms with Gasteiger partial charge in [0.2, 0.25) is 0 Å². The summed E-state index contributed by atoms with van der Waals surface area (Å²) in [6.07, 6.45) is 5.18. The lowest BCUT2D eigenvalue weighted by Crippen LogP contribution is -2.46. The summed E-state index contributed by atoms with van der Waals surface area (Å²) in [4.78, 5) is 23.1. The van der Waals surface area contributed by atoms with Gasteiger partial charge in [-0.1, -0.05) is 23.5 Å². The smallest absolute Gasteiger partial charge is 0.286 e. The van der Waals surface area contributed by atoms with Crippen molar-refractivity contribution in [3.63, 3.8) is 0 Å². The number of carbonyl (C=O) groups excluding carboxylic acids is 1. The lowest BCUT2D eigenvalue weighted by molar-refractivity contribution is 0.0710. The second-order valence-electron chi connectivity index (χ2n) is 8.69. The number of anilines is 1. The first-order valence-electron chi connectivity index (χ1n) is 11.8. The molecule has 0 spiro atoms. The van der Waals surface area contributed by atoms with Crippen LogP contribution in [0.3, 0.4) is 0 Å². The van der Waals surface area contributed by atoms with Gasteiger partial charge < -0.3 is 9.80 Å². The van der Waals surface area contributed by atoms with Crippen molar-refractivity contribution in [3.8, 4) is 11.1 Å². The molecule has 2 saturated heterocycles. The molecule has 1 atom stereocenters. The van der Waals surface area contributed by atoms with Gasteiger partial charge in [0.25, 0.3) is 5.91 Å². The Kier molecular flexibility index (Phi) is 7.91. The predicted octanol–water partition coefficient (Wildman–Crippen LogP) is 3.47. The molecule has 0 aliphatic carbocycles. The van der Waals surface area contributed by atoms with Crippen molar-refractivity contribution in [2.75, 3.05) is 50.7 Å². The zero-order chi connectivity index (χ0) is 24.2. The number of hydrogen-bond donors (Lipinski definition) is 2. The second kappa shape index (κ2) is 11.3. The van der Waals surface area contributed by atoms with Crippen LogP contribution in [-0.4, -0.2) is 75.3 Å². The minimum atomic E-state index is -1.22. The first kappa shape index (κ1) is 24.5. The molecule has 2 aromatic heterocycles. The topological polar surface area (TPSA) is 89.0 Å². The summed E-state index contributed by atoms with van der Waals surface area (Å²) in [6.45, 7) is 6.20. The highest BCUT2D eigenvalue weighted by Crippen LogP contribution is 2.30. The van der Waals surface area contributed by atoms with Crippen LogP contribution in [0.1, 0.15) is 27.4 Å². The van der Waals surface area contributed by atoms with Gasteiger partial charge in [-0.05, 0) is 67.1 Å². The van der Waals surface area contributed by atoms with Crippen LogP contribution < -0.4 is 10.4 Å². The fourth-order valence-electron chi connectivity index (χ4n) is 4.57. The van der Waals surface area contributed by atoms with Crippen molar-refractivity contribution in [1.29, 1.82) is 0 Å². The summed E-state index contributed by atoms with van der Waals surface area (Å²) in [5.74, 6) is -0.557. The third-order valence-electron chi connectivity index (χ3n) is 6.53. The molecule has 1 aromatic carbocycles. The molecular formula is C24H29N5O3S3.